The molecule has 112 valence electrons. The number of carbonyl (C=O) groups is 2. The molecule has 0 saturated carbocycles. The molecule has 0 saturated heterocycles. The number of aromatic nitrogens is 3. The van der Waals surface area contributed by atoms with Crippen molar-refractivity contribution in [2.45, 2.75) is 20.3 Å². The largest absolute Gasteiger partial charge is 0.360 e. The predicted octanol–water partition coefficient (Wildman–Crippen LogP) is 0.979. The van der Waals surface area contributed by atoms with Crippen molar-refractivity contribution in [3.05, 3.63) is 29.3 Å². The quantitative estimate of drug-likeness (QED) is 0.854. The number of H-pyrrole nitrogens is 1. The minimum absolute atomic E-state index is 0.0982. The van der Waals surface area contributed by atoms with Gasteiger partial charge in [-0.2, -0.15) is 5.10 Å². The van der Waals surface area contributed by atoms with Crippen LogP contribution in [0.5, 0.6) is 0 Å². The Kier molecular flexibility index (Phi) is 4.36. The summed E-state index contributed by atoms with van der Waals surface area (Å²) in [6.07, 6.45) is 0.760. The number of carbonyl (C=O) groups excluding carboxylic acids is 2. The van der Waals surface area contributed by atoms with E-state index in [1.807, 2.05) is 6.92 Å². The van der Waals surface area contributed by atoms with Crippen LogP contribution in [0.4, 0.5) is 5.82 Å². The van der Waals surface area contributed by atoms with E-state index in [0.29, 0.717) is 17.3 Å². The SMILES string of the molecule is CCc1cc(C(=O)N(C)CC(=O)Nc2cc(C)on2)n[nH]1. The van der Waals surface area contributed by atoms with Gasteiger partial charge in [0.15, 0.2) is 5.82 Å². The van der Waals surface area contributed by atoms with Gasteiger partial charge in [0.1, 0.15) is 11.5 Å². The molecule has 2 heterocycles. The third-order valence-corrected chi connectivity index (χ3v) is 2.85. The molecule has 2 aromatic heterocycles. The van der Waals surface area contributed by atoms with Crippen LogP contribution in [0.2, 0.25) is 0 Å². The van der Waals surface area contributed by atoms with E-state index in [1.165, 1.54) is 11.9 Å². The average Bonchev–Trinajstić information content (AvgIpc) is 3.06. The van der Waals surface area contributed by atoms with Gasteiger partial charge < -0.3 is 14.7 Å². The van der Waals surface area contributed by atoms with Crippen LogP contribution < -0.4 is 5.32 Å². The Morgan fingerprint density at radius 2 is 2.19 bits per heavy atom. The lowest BCUT2D eigenvalue weighted by molar-refractivity contribution is -0.116. The fraction of sp³-hybridized carbons (Fsp3) is 0.385. The minimum atomic E-state index is -0.356. The van der Waals surface area contributed by atoms with E-state index in [-0.39, 0.29) is 18.4 Å². The first kappa shape index (κ1) is 14.8. The van der Waals surface area contributed by atoms with Crippen LogP contribution in [0.3, 0.4) is 0 Å². The number of anilines is 1. The molecule has 8 heteroatoms. The molecular formula is C13H17N5O3. The molecule has 8 nitrogen and oxygen atoms in total. The number of aromatic amines is 1. The lowest BCUT2D eigenvalue weighted by Gasteiger charge is -2.14. The first-order chi connectivity index (χ1) is 9.99. The van der Waals surface area contributed by atoms with Crippen molar-refractivity contribution >= 4 is 17.6 Å². The van der Waals surface area contributed by atoms with Gasteiger partial charge in [0.2, 0.25) is 5.91 Å². The van der Waals surface area contributed by atoms with Gasteiger partial charge in [-0.1, -0.05) is 12.1 Å². The summed E-state index contributed by atoms with van der Waals surface area (Å²) < 4.78 is 4.84. The molecule has 2 rings (SSSR count). The van der Waals surface area contributed by atoms with Gasteiger partial charge >= 0.3 is 0 Å². The van der Waals surface area contributed by atoms with Gasteiger partial charge in [-0.3, -0.25) is 14.7 Å². The highest BCUT2D eigenvalue weighted by Gasteiger charge is 2.18. The van der Waals surface area contributed by atoms with Crippen LogP contribution >= 0.6 is 0 Å². The van der Waals surface area contributed by atoms with Crippen LogP contribution in [0.15, 0.2) is 16.7 Å². The number of rotatable bonds is 5. The number of hydrogen-bond donors (Lipinski definition) is 2. The fourth-order valence-corrected chi connectivity index (χ4v) is 1.74. The summed E-state index contributed by atoms with van der Waals surface area (Å²) in [5, 5.41) is 12.9. The molecule has 0 fully saturated rings. The summed E-state index contributed by atoms with van der Waals surface area (Å²) in [6.45, 7) is 3.58. The number of nitrogens with zero attached hydrogens (tertiary/aromatic N) is 3. The van der Waals surface area contributed by atoms with Crippen LogP contribution in [0.1, 0.15) is 28.9 Å². The van der Waals surface area contributed by atoms with Gasteiger partial charge in [0.05, 0.1) is 6.54 Å². The summed E-state index contributed by atoms with van der Waals surface area (Å²) in [5.41, 5.74) is 1.16. The molecule has 2 amide bonds. The molecule has 0 atom stereocenters. The highest BCUT2D eigenvalue weighted by molar-refractivity contribution is 5.97. The Labute approximate surface area is 121 Å². The molecular weight excluding hydrogens is 274 g/mol. The average molecular weight is 291 g/mol. The maximum atomic E-state index is 12.1. The zero-order chi connectivity index (χ0) is 15.4. The van der Waals surface area contributed by atoms with Gasteiger partial charge in [-0.25, -0.2) is 0 Å². The molecule has 2 N–H and O–H groups in total. The third kappa shape index (κ3) is 3.68. The minimum Gasteiger partial charge on any atom is -0.360 e. The fourth-order valence-electron chi connectivity index (χ4n) is 1.74. The lowest BCUT2D eigenvalue weighted by Crippen LogP contribution is -2.35. The second-order valence-corrected chi connectivity index (χ2v) is 4.66. The van der Waals surface area contributed by atoms with Crippen LogP contribution in [-0.4, -0.2) is 45.7 Å². The summed E-state index contributed by atoms with van der Waals surface area (Å²) in [7, 11) is 1.54. The van der Waals surface area contributed by atoms with Crippen LogP contribution in [-0.2, 0) is 11.2 Å². The number of amides is 2. The summed E-state index contributed by atoms with van der Waals surface area (Å²) in [5.74, 6) is 0.243. The van der Waals surface area contributed by atoms with Gasteiger partial charge in [-0.05, 0) is 19.4 Å². The van der Waals surface area contributed by atoms with E-state index in [0.717, 1.165) is 12.1 Å². The number of nitrogens with one attached hydrogen (secondary N) is 2. The molecule has 0 radical (unpaired) electrons. The predicted molar refractivity (Wildman–Crippen MR) is 74.8 cm³/mol. The Morgan fingerprint density at radius 1 is 1.43 bits per heavy atom. The van der Waals surface area contributed by atoms with Gasteiger partial charge in [0, 0.05) is 18.8 Å². The normalized spacial score (nSPS) is 10.4. The van der Waals surface area contributed by atoms with Crippen molar-refractivity contribution in [2.24, 2.45) is 0 Å². The molecule has 0 bridgehead atoms. The van der Waals surface area contributed by atoms with Crippen LogP contribution in [0.25, 0.3) is 0 Å². The summed E-state index contributed by atoms with van der Waals surface area (Å²) >= 11 is 0. The number of hydrogen-bond acceptors (Lipinski definition) is 5. The van der Waals surface area contributed by atoms with Crippen molar-refractivity contribution in [3.8, 4) is 0 Å². The van der Waals surface area contributed by atoms with Gasteiger partial charge in [0.25, 0.3) is 5.91 Å². The van der Waals surface area contributed by atoms with Crippen LogP contribution in [0, 0.1) is 6.92 Å². The summed E-state index contributed by atoms with van der Waals surface area (Å²) in [4.78, 5) is 25.2. The smallest absolute Gasteiger partial charge is 0.274 e. The highest BCUT2D eigenvalue weighted by atomic mass is 16.5. The molecule has 0 aliphatic rings. The molecule has 0 aromatic carbocycles. The Bertz CT molecular complexity index is 646. The molecule has 0 unspecified atom stereocenters. The standard InChI is InChI=1S/C13H17N5O3/c1-4-9-6-10(16-15-9)13(20)18(3)7-12(19)14-11-5-8(2)21-17-11/h5-6H,4,7H2,1-3H3,(H,15,16)(H,14,17,19). The lowest BCUT2D eigenvalue weighted by atomic mass is 10.3. The van der Waals surface area contributed by atoms with E-state index in [9.17, 15) is 9.59 Å². The molecule has 0 aliphatic carbocycles. The highest BCUT2D eigenvalue weighted by Crippen LogP contribution is 2.07. The van der Waals surface area contributed by atoms with Crippen molar-refractivity contribution < 1.29 is 14.1 Å². The Balaban J connectivity index is 1.92. The second kappa shape index (κ2) is 6.21. The Hall–Kier alpha value is -2.64. The first-order valence-electron chi connectivity index (χ1n) is 6.52. The first-order valence-corrected chi connectivity index (χ1v) is 6.52. The second-order valence-electron chi connectivity index (χ2n) is 4.66. The maximum Gasteiger partial charge on any atom is 0.274 e. The van der Waals surface area contributed by atoms with E-state index in [2.05, 4.69) is 20.7 Å². The molecule has 21 heavy (non-hydrogen) atoms. The maximum absolute atomic E-state index is 12.1. The third-order valence-electron chi connectivity index (χ3n) is 2.85. The van der Waals surface area contributed by atoms with Crippen molar-refractivity contribution in [2.75, 3.05) is 18.9 Å². The zero-order valence-electron chi connectivity index (χ0n) is 12.1. The summed E-state index contributed by atoms with van der Waals surface area (Å²) in [6, 6.07) is 3.28. The Morgan fingerprint density at radius 3 is 2.76 bits per heavy atom. The van der Waals surface area contributed by atoms with Crippen molar-refractivity contribution in [1.29, 1.82) is 0 Å². The van der Waals surface area contributed by atoms with E-state index >= 15 is 0 Å². The molecule has 0 aliphatic heterocycles. The number of likely N-dealkylation sites (N-methyl/N-ethyl adjacent to an activating group) is 1. The van der Waals surface area contributed by atoms with Crippen molar-refractivity contribution in [3.63, 3.8) is 0 Å². The number of aryl methyl sites for hydroxylation is 2. The topological polar surface area (TPSA) is 104 Å². The zero-order valence-corrected chi connectivity index (χ0v) is 12.1. The molecule has 0 spiro atoms. The van der Waals surface area contributed by atoms with Gasteiger partial charge in [-0.15, -0.1) is 0 Å². The van der Waals surface area contributed by atoms with E-state index in [4.69, 9.17) is 4.52 Å². The monoisotopic (exact) mass is 291 g/mol. The van der Waals surface area contributed by atoms with Crippen molar-refractivity contribution in [1.82, 2.24) is 20.3 Å². The van der Waals surface area contributed by atoms with E-state index < -0.39 is 0 Å². The molecule has 2 aromatic rings. The van der Waals surface area contributed by atoms with E-state index in [1.54, 1.807) is 19.1 Å².